The second kappa shape index (κ2) is 5.94. The molecular weight excluding hydrogens is 348 g/mol. The monoisotopic (exact) mass is 360 g/mol. The van der Waals surface area contributed by atoms with Gasteiger partial charge >= 0.3 is 0 Å². The zero-order valence-electron chi connectivity index (χ0n) is 12.3. The van der Waals surface area contributed by atoms with Crippen molar-refractivity contribution in [1.29, 1.82) is 0 Å². The Morgan fingerprint density at radius 1 is 0.609 bits per heavy atom. The largest absolute Gasteiger partial charge is 0.252 e. The molecule has 0 amide bonds. The number of fused-ring (bicyclic) bond motifs is 1. The molecule has 3 heteroatoms. The Balaban J connectivity index is 1.82. The molecule has 4 rings (SSSR count). The van der Waals surface area contributed by atoms with E-state index in [0.717, 1.165) is 27.0 Å². The normalized spacial score (nSPS) is 10.8. The molecule has 0 aliphatic heterocycles. The van der Waals surface area contributed by atoms with E-state index in [1.54, 1.807) is 0 Å². The van der Waals surface area contributed by atoms with Gasteiger partial charge in [-0.3, -0.25) is 9.97 Å². The fraction of sp³-hybridized carbons (Fsp3) is 0. The van der Waals surface area contributed by atoms with Crippen molar-refractivity contribution in [1.82, 2.24) is 9.97 Å². The molecule has 0 saturated carbocycles. The summed E-state index contributed by atoms with van der Waals surface area (Å²) in [5.74, 6) is 0. The Hall–Kier alpha value is -2.52. The zero-order valence-corrected chi connectivity index (χ0v) is 13.9. The van der Waals surface area contributed by atoms with Gasteiger partial charge in [-0.15, -0.1) is 0 Å². The molecule has 0 radical (unpaired) electrons. The first-order valence-corrected chi connectivity index (χ1v) is 8.17. The molecular formula is C20H13BrN2. The number of rotatable bonds is 2. The van der Waals surface area contributed by atoms with E-state index in [2.05, 4.69) is 50.2 Å². The lowest BCUT2D eigenvalue weighted by atomic mass is 10.0. The van der Waals surface area contributed by atoms with Crippen molar-refractivity contribution < 1.29 is 0 Å². The molecule has 3 aromatic carbocycles. The number of halogens is 1. The second-order valence-electron chi connectivity index (χ2n) is 5.29. The molecule has 0 fully saturated rings. The fourth-order valence-electron chi connectivity index (χ4n) is 2.71. The van der Waals surface area contributed by atoms with E-state index in [-0.39, 0.29) is 0 Å². The van der Waals surface area contributed by atoms with E-state index in [0.29, 0.717) is 0 Å². The van der Waals surface area contributed by atoms with Crippen LogP contribution in [0.2, 0.25) is 0 Å². The Kier molecular flexibility index (Phi) is 3.64. The molecule has 1 aromatic heterocycles. The van der Waals surface area contributed by atoms with Crippen molar-refractivity contribution >= 4 is 26.7 Å². The SMILES string of the molecule is Brc1ccc(-c2cnc(-c3ccccc3)cn2)c2ccccc12. The maximum atomic E-state index is 4.63. The molecule has 0 N–H and O–H groups in total. The first-order valence-electron chi connectivity index (χ1n) is 7.38. The fourth-order valence-corrected chi connectivity index (χ4v) is 3.19. The molecule has 0 saturated heterocycles. The molecule has 0 bridgehead atoms. The maximum absolute atomic E-state index is 4.63. The molecule has 0 unspecified atom stereocenters. The third-order valence-corrected chi connectivity index (χ3v) is 4.56. The van der Waals surface area contributed by atoms with Crippen molar-refractivity contribution in [2.45, 2.75) is 0 Å². The van der Waals surface area contributed by atoms with Crippen LogP contribution in [-0.2, 0) is 0 Å². The highest BCUT2D eigenvalue weighted by Gasteiger charge is 2.08. The van der Waals surface area contributed by atoms with Gasteiger partial charge in [0.2, 0.25) is 0 Å². The van der Waals surface area contributed by atoms with Crippen LogP contribution in [0.1, 0.15) is 0 Å². The highest BCUT2D eigenvalue weighted by atomic mass is 79.9. The van der Waals surface area contributed by atoms with E-state index >= 15 is 0 Å². The lowest BCUT2D eigenvalue weighted by Crippen LogP contribution is -1.90. The summed E-state index contributed by atoms with van der Waals surface area (Å²) < 4.78 is 1.09. The summed E-state index contributed by atoms with van der Waals surface area (Å²) in [5.41, 5.74) is 3.94. The van der Waals surface area contributed by atoms with Gasteiger partial charge in [0.15, 0.2) is 0 Å². The summed E-state index contributed by atoms with van der Waals surface area (Å²) in [4.78, 5) is 9.21. The average molecular weight is 361 g/mol. The average Bonchev–Trinajstić information content (AvgIpc) is 2.63. The molecule has 0 aliphatic rings. The number of hydrogen-bond donors (Lipinski definition) is 0. The molecule has 110 valence electrons. The van der Waals surface area contributed by atoms with Crippen LogP contribution in [0.25, 0.3) is 33.3 Å². The van der Waals surface area contributed by atoms with Gasteiger partial charge in [0.25, 0.3) is 0 Å². The quantitative estimate of drug-likeness (QED) is 0.456. The van der Waals surface area contributed by atoms with Crippen LogP contribution in [0, 0.1) is 0 Å². The minimum Gasteiger partial charge on any atom is -0.252 e. The Morgan fingerprint density at radius 3 is 2.00 bits per heavy atom. The highest BCUT2D eigenvalue weighted by Crippen LogP contribution is 2.32. The molecule has 23 heavy (non-hydrogen) atoms. The van der Waals surface area contributed by atoms with Crippen LogP contribution in [0.15, 0.2) is 83.6 Å². The van der Waals surface area contributed by atoms with Gasteiger partial charge in [-0.2, -0.15) is 0 Å². The Bertz CT molecular complexity index is 964. The molecule has 0 aliphatic carbocycles. The summed E-state index contributed by atoms with van der Waals surface area (Å²) in [7, 11) is 0. The van der Waals surface area contributed by atoms with E-state index < -0.39 is 0 Å². The molecule has 0 atom stereocenters. The van der Waals surface area contributed by atoms with Gasteiger partial charge in [-0.05, 0) is 16.8 Å². The first-order chi connectivity index (χ1) is 11.3. The maximum Gasteiger partial charge on any atom is 0.0891 e. The van der Waals surface area contributed by atoms with Crippen molar-refractivity contribution in [2.75, 3.05) is 0 Å². The molecule has 0 spiro atoms. The number of hydrogen-bond acceptors (Lipinski definition) is 2. The van der Waals surface area contributed by atoms with Crippen molar-refractivity contribution in [3.8, 4) is 22.5 Å². The molecule has 4 aromatic rings. The highest BCUT2D eigenvalue weighted by molar-refractivity contribution is 9.10. The van der Waals surface area contributed by atoms with Gasteiger partial charge in [-0.25, -0.2) is 0 Å². The Labute approximate surface area is 143 Å². The van der Waals surface area contributed by atoms with Crippen molar-refractivity contribution in [2.24, 2.45) is 0 Å². The van der Waals surface area contributed by atoms with Crippen LogP contribution in [0.4, 0.5) is 0 Å². The molecule has 1 heterocycles. The number of aromatic nitrogens is 2. The predicted octanol–water partition coefficient (Wildman–Crippen LogP) is 5.73. The van der Waals surface area contributed by atoms with Crippen LogP contribution in [-0.4, -0.2) is 9.97 Å². The smallest absolute Gasteiger partial charge is 0.0891 e. The van der Waals surface area contributed by atoms with Crippen LogP contribution >= 0.6 is 15.9 Å². The summed E-state index contributed by atoms with van der Waals surface area (Å²) in [6.07, 6.45) is 3.68. The lowest BCUT2D eigenvalue weighted by molar-refractivity contribution is 1.21. The third-order valence-electron chi connectivity index (χ3n) is 3.87. The second-order valence-corrected chi connectivity index (χ2v) is 6.15. The van der Waals surface area contributed by atoms with Gasteiger partial charge in [0, 0.05) is 15.6 Å². The summed E-state index contributed by atoms with van der Waals surface area (Å²) in [6, 6.07) is 22.5. The number of benzene rings is 3. The van der Waals surface area contributed by atoms with Crippen LogP contribution < -0.4 is 0 Å². The van der Waals surface area contributed by atoms with E-state index in [9.17, 15) is 0 Å². The standard InChI is InChI=1S/C20H13BrN2/c21-18-11-10-17(15-8-4-5-9-16(15)18)20-13-22-19(12-23-20)14-6-2-1-3-7-14/h1-13H. The van der Waals surface area contributed by atoms with Gasteiger partial charge in [0.05, 0.1) is 23.8 Å². The number of nitrogens with zero attached hydrogens (tertiary/aromatic N) is 2. The van der Waals surface area contributed by atoms with E-state index in [4.69, 9.17) is 0 Å². The van der Waals surface area contributed by atoms with Gasteiger partial charge in [0.1, 0.15) is 0 Å². The topological polar surface area (TPSA) is 25.8 Å². The zero-order chi connectivity index (χ0) is 15.6. The lowest BCUT2D eigenvalue weighted by Gasteiger charge is -2.08. The van der Waals surface area contributed by atoms with Crippen molar-refractivity contribution in [3.05, 3.63) is 83.6 Å². The van der Waals surface area contributed by atoms with E-state index in [1.807, 2.05) is 54.9 Å². The summed E-state index contributed by atoms with van der Waals surface area (Å²) >= 11 is 3.61. The van der Waals surface area contributed by atoms with Gasteiger partial charge in [-0.1, -0.05) is 76.6 Å². The third kappa shape index (κ3) is 2.64. The first kappa shape index (κ1) is 14.1. The van der Waals surface area contributed by atoms with Crippen LogP contribution in [0.5, 0.6) is 0 Å². The van der Waals surface area contributed by atoms with Gasteiger partial charge < -0.3 is 0 Å². The summed E-state index contributed by atoms with van der Waals surface area (Å²) in [6.45, 7) is 0. The van der Waals surface area contributed by atoms with Crippen LogP contribution in [0.3, 0.4) is 0 Å². The minimum atomic E-state index is 0.883. The molecule has 2 nitrogen and oxygen atoms in total. The van der Waals surface area contributed by atoms with E-state index in [1.165, 1.54) is 10.8 Å². The minimum absolute atomic E-state index is 0.883. The predicted molar refractivity (Wildman–Crippen MR) is 98.1 cm³/mol. The Morgan fingerprint density at radius 2 is 1.26 bits per heavy atom. The van der Waals surface area contributed by atoms with Crippen molar-refractivity contribution in [3.63, 3.8) is 0 Å². The summed E-state index contributed by atoms with van der Waals surface area (Å²) in [5, 5.41) is 2.35.